The number of fused-ring (bicyclic) bond motifs is 1. The first-order chi connectivity index (χ1) is 6.18. The van der Waals surface area contributed by atoms with Crippen LogP contribution in [0.25, 0.3) is 10.9 Å². The van der Waals surface area contributed by atoms with E-state index in [4.69, 9.17) is 12.2 Å². The van der Waals surface area contributed by atoms with Gasteiger partial charge in [0.2, 0.25) is 0 Å². The van der Waals surface area contributed by atoms with Gasteiger partial charge in [-0.25, -0.2) is 0 Å². The summed E-state index contributed by atoms with van der Waals surface area (Å²) in [6.45, 7) is 0. The molecule has 0 aliphatic heterocycles. The maximum atomic E-state index is 11.4. The molecule has 3 nitrogen and oxygen atoms in total. The fourth-order valence-corrected chi connectivity index (χ4v) is 1.93. The summed E-state index contributed by atoms with van der Waals surface area (Å²) in [5.41, 5.74) is 0.564. The maximum Gasteiger partial charge on any atom is 0.260 e. The third-order valence-electron chi connectivity index (χ3n) is 1.72. The van der Waals surface area contributed by atoms with Crippen LogP contribution in [-0.4, -0.2) is 9.97 Å². The number of hydrogen-bond donors (Lipinski definition) is 2. The third-order valence-corrected chi connectivity index (χ3v) is 2.58. The molecule has 0 amide bonds. The largest absolute Gasteiger partial charge is 0.332 e. The van der Waals surface area contributed by atoms with Gasteiger partial charge in [-0.2, -0.15) is 0 Å². The number of nitrogens with one attached hydrogen (secondary N) is 2. The van der Waals surface area contributed by atoms with Gasteiger partial charge in [-0.1, -0.05) is 6.07 Å². The molecule has 0 radical (unpaired) electrons. The molecule has 2 N–H and O–H groups in total. The first-order valence-corrected chi connectivity index (χ1v) is 4.79. The van der Waals surface area contributed by atoms with Crippen molar-refractivity contribution in [1.82, 2.24) is 9.97 Å². The van der Waals surface area contributed by atoms with E-state index < -0.39 is 0 Å². The molecular formula is C8H5BrN2OS. The lowest BCUT2D eigenvalue weighted by molar-refractivity contribution is 1.14. The molecule has 0 saturated heterocycles. The molecule has 0 atom stereocenters. The third kappa shape index (κ3) is 1.45. The van der Waals surface area contributed by atoms with E-state index in [2.05, 4.69) is 25.9 Å². The van der Waals surface area contributed by atoms with E-state index in [1.54, 1.807) is 0 Å². The van der Waals surface area contributed by atoms with Crippen molar-refractivity contribution < 1.29 is 0 Å². The molecule has 1 aromatic carbocycles. The summed E-state index contributed by atoms with van der Waals surface area (Å²) in [4.78, 5) is 16.9. The molecule has 2 aromatic rings. The smallest absolute Gasteiger partial charge is 0.260 e. The lowest BCUT2D eigenvalue weighted by Gasteiger charge is -1.98. The number of hydrogen-bond acceptors (Lipinski definition) is 2. The van der Waals surface area contributed by atoms with Gasteiger partial charge in [0.15, 0.2) is 4.77 Å². The maximum absolute atomic E-state index is 11.4. The summed E-state index contributed by atoms with van der Waals surface area (Å²) in [7, 11) is 0. The number of halogens is 1. The summed E-state index contributed by atoms with van der Waals surface area (Å²) in [5, 5.41) is 0.594. The zero-order valence-electron chi connectivity index (χ0n) is 6.43. The van der Waals surface area contributed by atoms with Gasteiger partial charge < -0.3 is 4.98 Å². The highest BCUT2D eigenvalue weighted by molar-refractivity contribution is 9.10. The van der Waals surface area contributed by atoms with Crippen LogP contribution < -0.4 is 5.56 Å². The zero-order chi connectivity index (χ0) is 9.42. The van der Waals surface area contributed by atoms with Crippen LogP contribution in [0.1, 0.15) is 0 Å². The Labute approximate surface area is 86.9 Å². The minimum absolute atomic E-state index is 0.175. The molecule has 66 valence electrons. The van der Waals surface area contributed by atoms with Gasteiger partial charge in [-0.05, 0) is 40.3 Å². The van der Waals surface area contributed by atoms with Crippen LogP contribution >= 0.6 is 28.1 Å². The molecule has 0 unspecified atom stereocenters. The van der Waals surface area contributed by atoms with E-state index in [0.717, 1.165) is 9.99 Å². The van der Waals surface area contributed by atoms with Gasteiger partial charge >= 0.3 is 0 Å². The summed E-state index contributed by atoms with van der Waals surface area (Å²) in [5.74, 6) is 0. The molecule has 13 heavy (non-hydrogen) atoms. The number of aromatic amines is 2. The van der Waals surface area contributed by atoms with Crippen LogP contribution in [0.3, 0.4) is 0 Å². The summed E-state index contributed by atoms with van der Waals surface area (Å²) < 4.78 is 1.10. The quantitative estimate of drug-likeness (QED) is 0.712. The van der Waals surface area contributed by atoms with Gasteiger partial charge in [0.25, 0.3) is 5.56 Å². The predicted molar refractivity (Wildman–Crippen MR) is 57.5 cm³/mol. The fraction of sp³-hybridized carbons (Fsp3) is 0. The number of rotatable bonds is 0. The van der Waals surface area contributed by atoms with Gasteiger partial charge in [-0.15, -0.1) is 0 Å². The monoisotopic (exact) mass is 256 g/mol. The highest BCUT2D eigenvalue weighted by Crippen LogP contribution is 2.17. The van der Waals surface area contributed by atoms with Gasteiger partial charge in [0.1, 0.15) is 0 Å². The van der Waals surface area contributed by atoms with Crippen molar-refractivity contribution in [1.29, 1.82) is 0 Å². The first kappa shape index (κ1) is 8.65. The molecule has 0 saturated carbocycles. The van der Waals surface area contributed by atoms with Crippen LogP contribution in [0.2, 0.25) is 0 Å². The Morgan fingerprint density at radius 2 is 2.08 bits per heavy atom. The second kappa shape index (κ2) is 3.08. The Kier molecular flexibility index (Phi) is 2.05. The van der Waals surface area contributed by atoms with E-state index in [0.29, 0.717) is 10.2 Å². The van der Waals surface area contributed by atoms with E-state index in [1.807, 2.05) is 18.2 Å². The van der Waals surface area contributed by atoms with E-state index >= 15 is 0 Å². The van der Waals surface area contributed by atoms with Gasteiger partial charge in [-0.3, -0.25) is 9.78 Å². The minimum atomic E-state index is -0.175. The van der Waals surface area contributed by atoms with Crippen LogP contribution in [0.15, 0.2) is 27.5 Å². The predicted octanol–water partition coefficient (Wildman–Crippen LogP) is 2.35. The molecule has 1 heterocycles. The molecule has 0 spiro atoms. The van der Waals surface area contributed by atoms with Crippen molar-refractivity contribution in [3.63, 3.8) is 0 Å². The van der Waals surface area contributed by atoms with Crippen LogP contribution in [0.5, 0.6) is 0 Å². The highest BCUT2D eigenvalue weighted by Gasteiger charge is 2.01. The Hall–Kier alpha value is -0.940. The summed E-state index contributed by atoms with van der Waals surface area (Å²) >= 11 is 8.14. The molecule has 0 bridgehead atoms. The average Bonchev–Trinajstić information content (AvgIpc) is 2.02. The van der Waals surface area contributed by atoms with Crippen molar-refractivity contribution in [2.45, 2.75) is 0 Å². The van der Waals surface area contributed by atoms with Crippen molar-refractivity contribution in [2.75, 3.05) is 0 Å². The van der Waals surface area contributed by atoms with E-state index in [1.165, 1.54) is 0 Å². The molecule has 1 aromatic heterocycles. The minimum Gasteiger partial charge on any atom is -0.332 e. The second-order valence-electron chi connectivity index (χ2n) is 2.57. The van der Waals surface area contributed by atoms with Crippen LogP contribution in [0.4, 0.5) is 0 Å². The lowest BCUT2D eigenvalue weighted by Crippen LogP contribution is -2.08. The highest BCUT2D eigenvalue weighted by atomic mass is 79.9. The van der Waals surface area contributed by atoms with Gasteiger partial charge in [0, 0.05) is 4.47 Å². The Morgan fingerprint density at radius 3 is 2.85 bits per heavy atom. The normalized spacial score (nSPS) is 10.5. The van der Waals surface area contributed by atoms with Gasteiger partial charge in [0.05, 0.1) is 10.9 Å². The van der Waals surface area contributed by atoms with Crippen molar-refractivity contribution >= 4 is 39.1 Å². The summed E-state index contributed by atoms with van der Waals surface area (Å²) in [6, 6.07) is 5.47. The van der Waals surface area contributed by atoms with Crippen LogP contribution in [-0.2, 0) is 0 Å². The molecular weight excluding hydrogens is 252 g/mol. The number of benzene rings is 1. The Bertz CT molecular complexity index is 572. The van der Waals surface area contributed by atoms with Crippen molar-refractivity contribution in [3.05, 3.63) is 37.8 Å². The fourth-order valence-electron chi connectivity index (χ4n) is 1.18. The molecule has 0 aliphatic carbocycles. The van der Waals surface area contributed by atoms with E-state index in [-0.39, 0.29) is 5.56 Å². The zero-order valence-corrected chi connectivity index (χ0v) is 8.83. The average molecular weight is 257 g/mol. The first-order valence-electron chi connectivity index (χ1n) is 3.59. The number of H-pyrrole nitrogens is 2. The molecule has 0 aliphatic rings. The summed E-state index contributed by atoms with van der Waals surface area (Å²) in [6.07, 6.45) is 0. The van der Waals surface area contributed by atoms with E-state index in [9.17, 15) is 4.79 Å². The lowest BCUT2D eigenvalue weighted by atomic mass is 10.2. The Balaban J connectivity index is 3.12. The number of aromatic nitrogens is 2. The van der Waals surface area contributed by atoms with Crippen LogP contribution in [0, 0.1) is 4.77 Å². The molecule has 5 heteroatoms. The second-order valence-corrected chi connectivity index (χ2v) is 3.83. The topological polar surface area (TPSA) is 48.6 Å². The molecule has 0 fully saturated rings. The SMILES string of the molecule is O=c1[nH]c(=S)[nH]c2cccc(Br)c12. The Morgan fingerprint density at radius 1 is 1.31 bits per heavy atom. The molecule has 2 rings (SSSR count). The van der Waals surface area contributed by atoms with Crippen molar-refractivity contribution in [2.24, 2.45) is 0 Å². The standard InChI is InChI=1S/C8H5BrN2OS/c9-4-2-1-3-5-6(4)7(12)11-8(13)10-5/h1-3H,(H2,10,11,12,13). The van der Waals surface area contributed by atoms with Crippen molar-refractivity contribution in [3.8, 4) is 0 Å².